The van der Waals surface area contributed by atoms with E-state index in [-0.39, 0.29) is 5.82 Å². The third-order valence-electron chi connectivity index (χ3n) is 1.63. The van der Waals surface area contributed by atoms with Gasteiger partial charge in [0.1, 0.15) is 18.2 Å². The number of likely N-dealkylation sites (N-methyl/N-ethyl adjacent to an activating group) is 1. The number of ether oxygens (including phenoxy) is 1. The van der Waals surface area contributed by atoms with Crippen LogP contribution >= 0.6 is 15.9 Å². The zero-order valence-electron chi connectivity index (χ0n) is 8.02. The van der Waals surface area contributed by atoms with Crippen molar-refractivity contribution in [1.29, 1.82) is 0 Å². The zero-order chi connectivity index (χ0) is 10.4. The summed E-state index contributed by atoms with van der Waals surface area (Å²) >= 11 is 3.20. The fourth-order valence-electron chi connectivity index (χ4n) is 1.03. The fourth-order valence-corrected chi connectivity index (χ4v) is 1.47. The molecule has 0 aliphatic rings. The van der Waals surface area contributed by atoms with Crippen LogP contribution in [0, 0.1) is 5.82 Å². The molecule has 0 spiro atoms. The molecule has 1 aromatic carbocycles. The number of benzene rings is 1. The van der Waals surface area contributed by atoms with E-state index in [1.54, 1.807) is 6.07 Å². The summed E-state index contributed by atoms with van der Waals surface area (Å²) < 4.78 is 18.9. The van der Waals surface area contributed by atoms with E-state index in [0.29, 0.717) is 16.8 Å². The minimum atomic E-state index is -0.294. The van der Waals surface area contributed by atoms with Crippen molar-refractivity contribution in [3.63, 3.8) is 0 Å². The second kappa shape index (κ2) is 5.98. The van der Waals surface area contributed by atoms with Crippen LogP contribution < -0.4 is 10.1 Å². The first kappa shape index (κ1) is 11.5. The monoisotopic (exact) mass is 261 g/mol. The second-order valence-electron chi connectivity index (χ2n) is 2.81. The molecule has 0 radical (unpaired) electrons. The molecule has 0 aromatic heterocycles. The van der Waals surface area contributed by atoms with E-state index in [9.17, 15) is 4.39 Å². The summed E-state index contributed by atoms with van der Waals surface area (Å²) in [5, 5.41) is 3.12. The Labute approximate surface area is 91.6 Å². The minimum absolute atomic E-state index is 0.294. The lowest BCUT2D eigenvalue weighted by Crippen LogP contribution is -2.20. The van der Waals surface area contributed by atoms with Crippen molar-refractivity contribution < 1.29 is 9.13 Å². The Balaban J connectivity index is 2.42. The lowest BCUT2D eigenvalue weighted by molar-refractivity contribution is 0.313. The standard InChI is InChI=1S/C10H13BrFNO/c1-2-13-3-4-14-10-6-8(11)5-9(12)7-10/h5-7,13H,2-4H2,1H3. The average Bonchev–Trinajstić information content (AvgIpc) is 2.11. The van der Waals surface area contributed by atoms with E-state index in [2.05, 4.69) is 21.2 Å². The quantitative estimate of drug-likeness (QED) is 0.823. The van der Waals surface area contributed by atoms with Crippen LogP contribution in [0.25, 0.3) is 0 Å². The van der Waals surface area contributed by atoms with E-state index in [4.69, 9.17) is 4.74 Å². The van der Waals surface area contributed by atoms with Gasteiger partial charge in [0.15, 0.2) is 0 Å². The first-order chi connectivity index (χ1) is 6.72. The summed E-state index contributed by atoms with van der Waals surface area (Å²) in [4.78, 5) is 0. The van der Waals surface area contributed by atoms with Crippen LogP contribution in [0.3, 0.4) is 0 Å². The molecular formula is C10H13BrFNO. The van der Waals surface area contributed by atoms with Gasteiger partial charge >= 0.3 is 0 Å². The molecule has 1 rings (SSSR count). The third kappa shape index (κ3) is 4.07. The molecule has 0 aliphatic carbocycles. The highest BCUT2D eigenvalue weighted by Crippen LogP contribution is 2.20. The molecule has 0 unspecified atom stereocenters. The molecule has 14 heavy (non-hydrogen) atoms. The second-order valence-corrected chi connectivity index (χ2v) is 3.72. The van der Waals surface area contributed by atoms with E-state index in [1.165, 1.54) is 12.1 Å². The van der Waals surface area contributed by atoms with Crippen LogP contribution in [0.4, 0.5) is 4.39 Å². The zero-order valence-corrected chi connectivity index (χ0v) is 9.60. The SMILES string of the molecule is CCNCCOc1cc(F)cc(Br)c1. The highest BCUT2D eigenvalue weighted by atomic mass is 79.9. The van der Waals surface area contributed by atoms with E-state index < -0.39 is 0 Å². The topological polar surface area (TPSA) is 21.3 Å². The predicted molar refractivity (Wildman–Crippen MR) is 58.1 cm³/mol. The van der Waals surface area contributed by atoms with Crippen LogP contribution in [-0.2, 0) is 0 Å². The molecule has 0 fully saturated rings. The molecule has 4 heteroatoms. The largest absolute Gasteiger partial charge is 0.492 e. The van der Waals surface area contributed by atoms with Crippen molar-refractivity contribution in [3.05, 3.63) is 28.5 Å². The molecule has 0 saturated heterocycles. The Hall–Kier alpha value is -0.610. The maximum atomic E-state index is 12.9. The Morgan fingerprint density at radius 2 is 2.21 bits per heavy atom. The van der Waals surface area contributed by atoms with Gasteiger partial charge in [0, 0.05) is 17.1 Å². The fraction of sp³-hybridized carbons (Fsp3) is 0.400. The van der Waals surface area contributed by atoms with Gasteiger partial charge in [0.25, 0.3) is 0 Å². The number of hydrogen-bond acceptors (Lipinski definition) is 2. The summed E-state index contributed by atoms with van der Waals surface area (Å²) in [6, 6.07) is 4.52. The van der Waals surface area contributed by atoms with Crippen molar-refractivity contribution in [1.82, 2.24) is 5.32 Å². The van der Waals surface area contributed by atoms with Gasteiger partial charge in [-0.25, -0.2) is 4.39 Å². The Morgan fingerprint density at radius 1 is 1.43 bits per heavy atom. The third-order valence-corrected chi connectivity index (χ3v) is 2.09. The highest BCUT2D eigenvalue weighted by molar-refractivity contribution is 9.10. The number of rotatable bonds is 5. The van der Waals surface area contributed by atoms with Gasteiger partial charge in [-0.3, -0.25) is 0 Å². The smallest absolute Gasteiger partial charge is 0.128 e. The first-order valence-corrected chi connectivity index (χ1v) is 5.31. The first-order valence-electron chi connectivity index (χ1n) is 4.52. The van der Waals surface area contributed by atoms with Gasteiger partial charge in [-0.1, -0.05) is 22.9 Å². The van der Waals surface area contributed by atoms with Gasteiger partial charge in [-0.05, 0) is 18.7 Å². The van der Waals surface area contributed by atoms with Crippen molar-refractivity contribution in [2.24, 2.45) is 0 Å². The maximum absolute atomic E-state index is 12.9. The molecule has 1 N–H and O–H groups in total. The summed E-state index contributed by atoms with van der Waals surface area (Å²) in [6.07, 6.45) is 0. The lowest BCUT2D eigenvalue weighted by atomic mass is 10.3. The van der Waals surface area contributed by atoms with Gasteiger partial charge in [0.2, 0.25) is 0 Å². The number of nitrogens with one attached hydrogen (secondary N) is 1. The highest BCUT2D eigenvalue weighted by Gasteiger charge is 1.99. The Morgan fingerprint density at radius 3 is 2.86 bits per heavy atom. The van der Waals surface area contributed by atoms with Crippen molar-refractivity contribution in [2.45, 2.75) is 6.92 Å². The van der Waals surface area contributed by atoms with Crippen LogP contribution in [0.1, 0.15) is 6.92 Å². The normalized spacial score (nSPS) is 10.2. The van der Waals surface area contributed by atoms with Gasteiger partial charge in [0.05, 0.1) is 0 Å². The number of halogens is 2. The van der Waals surface area contributed by atoms with Crippen molar-refractivity contribution >= 4 is 15.9 Å². The molecule has 0 amide bonds. The molecule has 1 aromatic rings. The molecule has 0 heterocycles. The van der Waals surface area contributed by atoms with Crippen molar-refractivity contribution in [2.75, 3.05) is 19.7 Å². The maximum Gasteiger partial charge on any atom is 0.128 e. The van der Waals surface area contributed by atoms with E-state index in [0.717, 1.165) is 13.1 Å². The summed E-state index contributed by atoms with van der Waals surface area (Å²) in [5.74, 6) is 0.257. The van der Waals surface area contributed by atoms with Gasteiger partial charge < -0.3 is 10.1 Å². The molecule has 0 atom stereocenters. The molecule has 78 valence electrons. The summed E-state index contributed by atoms with van der Waals surface area (Å²) in [7, 11) is 0. The summed E-state index contributed by atoms with van der Waals surface area (Å²) in [5.41, 5.74) is 0. The average molecular weight is 262 g/mol. The van der Waals surface area contributed by atoms with Gasteiger partial charge in [-0.15, -0.1) is 0 Å². The predicted octanol–water partition coefficient (Wildman–Crippen LogP) is 2.58. The number of hydrogen-bond donors (Lipinski definition) is 1. The summed E-state index contributed by atoms with van der Waals surface area (Å²) in [6.45, 7) is 4.25. The Bertz CT molecular complexity index is 273. The Kier molecular flexibility index (Phi) is 4.90. The molecular weight excluding hydrogens is 249 g/mol. The van der Waals surface area contributed by atoms with Crippen LogP contribution in [0.2, 0.25) is 0 Å². The molecule has 2 nitrogen and oxygen atoms in total. The molecule has 0 aliphatic heterocycles. The molecule has 0 saturated carbocycles. The van der Waals surface area contributed by atoms with E-state index >= 15 is 0 Å². The van der Waals surface area contributed by atoms with Crippen LogP contribution in [0.15, 0.2) is 22.7 Å². The van der Waals surface area contributed by atoms with Crippen LogP contribution in [0.5, 0.6) is 5.75 Å². The van der Waals surface area contributed by atoms with Crippen molar-refractivity contribution in [3.8, 4) is 5.75 Å². The minimum Gasteiger partial charge on any atom is -0.492 e. The van der Waals surface area contributed by atoms with Gasteiger partial charge in [-0.2, -0.15) is 0 Å². The molecule has 0 bridgehead atoms. The lowest BCUT2D eigenvalue weighted by Gasteiger charge is -2.06. The van der Waals surface area contributed by atoms with Crippen LogP contribution in [-0.4, -0.2) is 19.7 Å². The van der Waals surface area contributed by atoms with E-state index in [1.807, 2.05) is 6.92 Å².